The summed E-state index contributed by atoms with van der Waals surface area (Å²) >= 11 is 0. The molecule has 0 saturated carbocycles. The number of esters is 2. The van der Waals surface area contributed by atoms with Crippen LogP contribution in [0.2, 0.25) is 0 Å². The molecule has 0 heterocycles. The van der Waals surface area contributed by atoms with Crippen LogP contribution in [-0.4, -0.2) is 49.3 Å². The van der Waals surface area contributed by atoms with Crippen LogP contribution < -0.4 is 5.73 Å². The van der Waals surface area contributed by atoms with Gasteiger partial charge in [0.25, 0.3) is 0 Å². The van der Waals surface area contributed by atoms with Crippen molar-refractivity contribution in [2.75, 3.05) is 26.4 Å². The van der Waals surface area contributed by atoms with Gasteiger partial charge in [-0.3, -0.25) is 18.6 Å². The van der Waals surface area contributed by atoms with Crippen LogP contribution in [0.15, 0.2) is 109 Å². The molecule has 2 unspecified atom stereocenters. The number of allylic oxidation sites excluding steroid dienone is 18. The van der Waals surface area contributed by atoms with Gasteiger partial charge in [-0.25, -0.2) is 4.57 Å². The fourth-order valence-corrected chi connectivity index (χ4v) is 7.92. The predicted molar refractivity (Wildman–Crippen MR) is 293 cm³/mol. The van der Waals surface area contributed by atoms with Gasteiger partial charge in [0.1, 0.15) is 6.61 Å². The Morgan fingerprint density at radius 3 is 1.19 bits per heavy atom. The molecular formula is C59H100NO8P. The quantitative estimate of drug-likeness (QED) is 0.0264. The molecule has 0 aliphatic rings. The maximum Gasteiger partial charge on any atom is 0.472 e. The molecule has 0 fully saturated rings. The molecule has 10 heteroatoms. The van der Waals surface area contributed by atoms with Crippen molar-refractivity contribution in [3.05, 3.63) is 109 Å². The molecule has 0 aromatic carbocycles. The van der Waals surface area contributed by atoms with Crippen molar-refractivity contribution in [2.24, 2.45) is 5.73 Å². The van der Waals surface area contributed by atoms with Gasteiger partial charge >= 0.3 is 19.8 Å². The molecule has 0 aromatic heterocycles. The predicted octanol–water partition coefficient (Wildman–Crippen LogP) is 17.1. The summed E-state index contributed by atoms with van der Waals surface area (Å²) in [6.07, 6.45) is 73.3. The van der Waals surface area contributed by atoms with Crippen LogP contribution in [0.5, 0.6) is 0 Å². The van der Waals surface area contributed by atoms with Crippen LogP contribution in [0.3, 0.4) is 0 Å². The first-order chi connectivity index (χ1) is 33.8. The van der Waals surface area contributed by atoms with Gasteiger partial charge in [-0.15, -0.1) is 0 Å². The first-order valence-corrected chi connectivity index (χ1v) is 28.9. The number of ether oxygens (including phenoxy) is 2. The van der Waals surface area contributed by atoms with Crippen molar-refractivity contribution in [3.63, 3.8) is 0 Å². The topological polar surface area (TPSA) is 134 Å². The molecule has 0 aliphatic carbocycles. The SMILES string of the molecule is CC/C=C\C/C=C\C/C=C\C/C=C\C/C=C\C/C=C\C/C=C\C/C=C\C/C=C\CCCCCCCCCCCCCCCC(=O)OC(COC(=O)CCCCCCCCC)COP(=O)(O)OCCN. The monoisotopic (exact) mass is 982 g/mol. The van der Waals surface area contributed by atoms with Crippen molar-refractivity contribution in [1.82, 2.24) is 0 Å². The minimum absolute atomic E-state index is 0.0505. The molecule has 0 saturated heterocycles. The van der Waals surface area contributed by atoms with E-state index in [1.54, 1.807) is 0 Å². The molecule has 0 bridgehead atoms. The number of phosphoric acid groups is 1. The summed E-state index contributed by atoms with van der Waals surface area (Å²) in [4.78, 5) is 34.8. The van der Waals surface area contributed by atoms with Crippen LogP contribution in [0.1, 0.15) is 219 Å². The number of carbonyl (C=O) groups is 2. The average molecular weight is 982 g/mol. The van der Waals surface area contributed by atoms with E-state index < -0.39 is 32.5 Å². The molecule has 0 rings (SSSR count). The lowest BCUT2D eigenvalue weighted by Crippen LogP contribution is -2.29. The van der Waals surface area contributed by atoms with Gasteiger partial charge < -0.3 is 20.1 Å². The van der Waals surface area contributed by atoms with E-state index >= 15 is 0 Å². The zero-order valence-electron chi connectivity index (χ0n) is 43.8. The molecule has 0 aromatic rings. The van der Waals surface area contributed by atoms with Crippen LogP contribution in [0.25, 0.3) is 0 Å². The third-order valence-corrected chi connectivity index (χ3v) is 12.2. The normalized spacial score (nSPS) is 14.0. The molecular weight excluding hydrogens is 882 g/mol. The lowest BCUT2D eigenvalue weighted by atomic mass is 10.0. The third-order valence-electron chi connectivity index (χ3n) is 11.2. The molecule has 2 atom stereocenters. The van der Waals surface area contributed by atoms with E-state index in [4.69, 9.17) is 24.3 Å². The van der Waals surface area contributed by atoms with Gasteiger partial charge in [0.2, 0.25) is 0 Å². The molecule has 0 spiro atoms. The second kappa shape index (κ2) is 54.0. The van der Waals surface area contributed by atoms with E-state index in [0.29, 0.717) is 6.42 Å². The van der Waals surface area contributed by atoms with E-state index in [2.05, 4.69) is 123 Å². The molecule has 0 radical (unpaired) electrons. The van der Waals surface area contributed by atoms with E-state index in [1.165, 1.54) is 89.9 Å². The van der Waals surface area contributed by atoms with E-state index in [-0.39, 0.29) is 32.6 Å². The first kappa shape index (κ1) is 65.7. The fraction of sp³-hybridized carbons (Fsp3) is 0.661. The number of hydrogen-bond acceptors (Lipinski definition) is 8. The Balaban J connectivity index is 3.82. The van der Waals surface area contributed by atoms with Crippen molar-refractivity contribution in [2.45, 2.75) is 225 Å². The van der Waals surface area contributed by atoms with Crippen molar-refractivity contribution in [3.8, 4) is 0 Å². The summed E-state index contributed by atoms with van der Waals surface area (Å²) in [6.45, 7) is 3.56. The van der Waals surface area contributed by atoms with Crippen molar-refractivity contribution >= 4 is 19.8 Å². The highest BCUT2D eigenvalue weighted by molar-refractivity contribution is 7.47. The molecule has 69 heavy (non-hydrogen) atoms. The summed E-state index contributed by atoms with van der Waals surface area (Å²) in [5, 5.41) is 0. The Kier molecular flexibility index (Phi) is 51.4. The fourth-order valence-electron chi connectivity index (χ4n) is 7.16. The lowest BCUT2D eigenvalue weighted by molar-refractivity contribution is -0.161. The van der Waals surface area contributed by atoms with E-state index in [1.807, 2.05) is 0 Å². The Hall–Kier alpha value is -3.33. The minimum atomic E-state index is -4.38. The number of hydrogen-bond donors (Lipinski definition) is 2. The van der Waals surface area contributed by atoms with Crippen molar-refractivity contribution in [1.29, 1.82) is 0 Å². The second-order valence-electron chi connectivity index (χ2n) is 17.7. The van der Waals surface area contributed by atoms with Crippen LogP contribution >= 0.6 is 7.82 Å². The number of phosphoric ester groups is 1. The zero-order valence-corrected chi connectivity index (χ0v) is 44.6. The van der Waals surface area contributed by atoms with Gasteiger partial charge in [0.15, 0.2) is 6.10 Å². The van der Waals surface area contributed by atoms with Gasteiger partial charge in [-0.1, -0.05) is 232 Å². The molecule has 3 N–H and O–H groups in total. The third kappa shape index (κ3) is 53.9. The first-order valence-electron chi connectivity index (χ1n) is 27.4. The summed E-state index contributed by atoms with van der Waals surface area (Å²) < 4.78 is 32.7. The summed E-state index contributed by atoms with van der Waals surface area (Å²) in [5.41, 5.74) is 5.35. The summed E-state index contributed by atoms with van der Waals surface area (Å²) in [6, 6.07) is 0. The summed E-state index contributed by atoms with van der Waals surface area (Å²) in [7, 11) is -4.38. The van der Waals surface area contributed by atoms with E-state index in [9.17, 15) is 19.0 Å². The smallest absolute Gasteiger partial charge is 0.462 e. The van der Waals surface area contributed by atoms with Gasteiger partial charge in [0.05, 0.1) is 13.2 Å². The number of carbonyl (C=O) groups excluding carboxylic acids is 2. The van der Waals surface area contributed by atoms with Crippen LogP contribution in [-0.2, 0) is 32.7 Å². The highest BCUT2D eigenvalue weighted by atomic mass is 31.2. The lowest BCUT2D eigenvalue weighted by Gasteiger charge is -2.19. The largest absolute Gasteiger partial charge is 0.472 e. The number of rotatable bonds is 50. The standard InChI is InChI=1S/C59H100NO8P/c1-3-5-7-9-11-12-13-14-15-16-17-18-19-20-21-22-23-24-25-26-27-28-29-30-31-32-33-34-35-36-37-38-39-40-41-42-43-44-46-48-50-52-59(62)68-57(56-67-69(63,64)66-54-53-60)55-65-58(61)51-49-47-45-10-8-6-4-2/h5,7,11-12,14-15,17-18,20-21,23-24,26-27,29-30,32-33,57H,3-4,6,8-10,13,16,19,22,25,28,31,34-56,60H2,1-2H3,(H,63,64)/b7-5-,12-11-,15-14-,18-17-,21-20-,24-23-,27-26-,30-29-,33-32-. The highest BCUT2D eigenvalue weighted by Gasteiger charge is 2.26. The highest BCUT2D eigenvalue weighted by Crippen LogP contribution is 2.43. The Morgan fingerprint density at radius 2 is 0.797 bits per heavy atom. The van der Waals surface area contributed by atoms with Crippen LogP contribution in [0.4, 0.5) is 0 Å². The van der Waals surface area contributed by atoms with Crippen LogP contribution in [0, 0.1) is 0 Å². The number of nitrogens with two attached hydrogens (primary N) is 1. The number of unbranched alkanes of at least 4 members (excludes halogenated alkanes) is 19. The Bertz CT molecular complexity index is 1490. The molecule has 9 nitrogen and oxygen atoms in total. The average Bonchev–Trinajstić information content (AvgIpc) is 3.34. The second-order valence-corrected chi connectivity index (χ2v) is 19.2. The van der Waals surface area contributed by atoms with Gasteiger partial charge in [0, 0.05) is 19.4 Å². The van der Waals surface area contributed by atoms with Gasteiger partial charge in [-0.2, -0.15) is 0 Å². The molecule has 394 valence electrons. The maximum absolute atomic E-state index is 12.6. The Labute approximate surface area is 422 Å². The van der Waals surface area contributed by atoms with Crippen molar-refractivity contribution < 1.29 is 37.6 Å². The van der Waals surface area contributed by atoms with Gasteiger partial charge in [-0.05, 0) is 83.5 Å². The minimum Gasteiger partial charge on any atom is -0.462 e. The van der Waals surface area contributed by atoms with E-state index in [0.717, 1.165) is 96.3 Å². The summed E-state index contributed by atoms with van der Waals surface area (Å²) in [5.74, 6) is -0.839. The maximum atomic E-state index is 12.6. The Morgan fingerprint density at radius 1 is 0.449 bits per heavy atom. The molecule has 0 aliphatic heterocycles. The molecule has 0 amide bonds. The zero-order chi connectivity index (χ0) is 50.2.